The number of aromatic amines is 1. The Kier molecular flexibility index (Phi) is 6.23. The summed E-state index contributed by atoms with van der Waals surface area (Å²) in [7, 11) is 0. The maximum atomic E-state index is 12.3. The number of aromatic nitrogens is 2. The quantitative estimate of drug-likeness (QED) is 0.406. The molecule has 0 saturated carbocycles. The van der Waals surface area contributed by atoms with Crippen LogP contribution in [-0.2, 0) is 19.3 Å². The van der Waals surface area contributed by atoms with Gasteiger partial charge in [0, 0.05) is 17.0 Å². The molecule has 0 bridgehead atoms. The number of rotatable bonds is 8. The van der Waals surface area contributed by atoms with Crippen molar-refractivity contribution in [1.82, 2.24) is 10.2 Å². The summed E-state index contributed by atoms with van der Waals surface area (Å²) in [5.41, 5.74) is 9.65. The van der Waals surface area contributed by atoms with Gasteiger partial charge in [-0.05, 0) is 54.3 Å². The SMILES string of the molecule is CCOc1ccc2ccccc2c1CCc1n[nH]c(Cc2cccc(Cl)c2)c1C(N)=O. The minimum atomic E-state index is -0.483. The van der Waals surface area contributed by atoms with Crippen molar-refractivity contribution in [1.29, 1.82) is 0 Å². The third-order valence-corrected chi connectivity index (χ3v) is 5.58. The monoisotopic (exact) mass is 433 g/mol. The van der Waals surface area contributed by atoms with E-state index in [2.05, 4.69) is 28.4 Å². The number of nitrogens with zero attached hydrogens (tertiary/aromatic N) is 1. The molecule has 0 aliphatic carbocycles. The summed E-state index contributed by atoms with van der Waals surface area (Å²) < 4.78 is 5.87. The third kappa shape index (κ3) is 4.57. The number of carbonyl (C=O) groups excluding carboxylic acids is 1. The summed E-state index contributed by atoms with van der Waals surface area (Å²) in [5, 5.41) is 10.4. The number of benzene rings is 3. The van der Waals surface area contributed by atoms with Crippen molar-refractivity contribution >= 4 is 28.3 Å². The number of hydrogen-bond acceptors (Lipinski definition) is 3. The first kappa shape index (κ1) is 20.9. The van der Waals surface area contributed by atoms with Gasteiger partial charge in [-0.1, -0.05) is 54.1 Å². The molecule has 0 fully saturated rings. The summed E-state index contributed by atoms with van der Waals surface area (Å²) >= 11 is 6.10. The van der Waals surface area contributed by atoms with E-state index in [0.717, 1.165) is 27.6 Å². The van der Waals surface area contributed by atoms with Gasteiger partial charge in [-0.3, -0.25) is 9.89 Å². The molecule has 6 heteroatoms. The van der Waals surface area contributed by atoms with Gasteiger partial charge in [-0.2, -0.15) is 5.10 Å². The highest BCUT2D eigenvalue weighted by Crippen LogP contribution is 2.30. The summed E-state index contributed by atoms with van der Waals surface area (Å²) in [6.45, 7) is 2.56. The molecule has 0 atom stereocenters. The minimum absolute atomic E-state index is 0.457. The summed E-state index contributed by atoms with van der Waals surface area (Å²) in [4.78, 5) is 12.3. The van der Waals surface area contributed by atoms with Crippen molar-refractivity contribution in [3.63, 3.8) is 0 Å². The molecule has 3 N–H and O–H groups in total. The van der Waals surface area contributed by atoms with Gasteiger partial charge >= 0.3 is 0 Å². The van der Waals surface area contributed by atoms with Crippen LogP contribution >= 0.6 is 11.6 Å². The molecule has 0 radical (unpaired) electrons. The van der Waals surface area contributed by atoms with Crippen molar-refractivity contribution in [3.8, 4) is 5.75 Å². The second kappa shape index (κ2) is 9.23. The topological polar surface area (TPSA) is 81.0 Å². The molecule has 0 aliphatic heterocycles. The van der Waals surface area contributed by atoms with Gasteiger partial charge in [0.1, 0.15) is 5.75 Å². The molecule has 5 nitrogen and oxygen atoms in total. The second-order valence-corrected chi connectivity index (χ2v) is 7.83. The average Bonchev–Trinajstić information content (AvgIpc) is 3.15. The van der Waals surface area contributed by atoms with Crippen molar-refractivity contribution < 1.29 is 9.53 Å². The van der Waals surface area contributed by atoms with Gasteiger partial charge in [-0.15, -0.1) is 0 Å². The Morgan fingerprint density at radius 3 is 2.71 bits per heavy atom. The molecule has 1 amide bonds. The molecule has 4 aromatic rings. The maximum absolute atomic E-state index is 12.3. The summed E-state index contributed by atoms with van der Waals surface area (Å²) in [6.07, 6.45) is 1.75. The van der Waals surface area contributed by atoms with E-state index >= 15 is 0 Å². The van der Waals surface area contributed by atoms with Gasteiger partial charge in [0.05, 0.1) is 23.6 Å². The molecule has 1 heterocycles. The highest BCUT2D eigenvalue weighted by Gasteiger charge is 2.19. The number of H-pyrrole nitrogens is 1. The van der Waals surface area contributed by atoms with E-state index < -0.39 is 5.91 Å². The van der Waals surface area contributed by atoms with Crippen molar-refractivity contribution in [2.24, 2.45) is 5.73 Å². The molecule has 158 valence electrons. The predicted molar refractivity (Wildman–Crippen MR) is 124 cm³/mol. The molecule has 1 aromatic heterocycles. The number of ether oxygens (including phenoxy) is 1. The Morgan fingerprint density at radius 2 is 1.94 bits per heavy atom. The summed E-state index contributed by atoms with van der Waals surface area (Å²) in [6, 6.07) is 19.8. The Morgan fingerprint density at radius 1 is 1.10 bits per heavy atom. The predicted octanol–water partition coefficient (Wildman–Crippen LogP) is 5.09. The zero-order valence-electron chi connectivity index (χ0n) is 17.3. The Balaban J connectivity index is 1.64. The number of amides is 1. The van der Waals surface area contributed by atoms with Gasteiger partial charge in [0.2, 0.25) is 0 Å². The Hall–Kier alpha value is -3.31. The summed E-state index contributed by atoms with van der Waals surface area (Å²) in [5.74, 6) is 0.375. The Labute approximate surface area is 186 Å². The molecule has 31 heavy (non-hydrogen) atoms. The number of fused-ring (bicyclic) bond motifs is 1. The van der Waals surface area contributed by atoms with E-state index in [-0.39, 0.29) is 0 Å². The zero-order valence-corrected chi connectivity index (χ0v) is 18.1. The normalized spacial score (nSPS) is 11.0. The van der Waals surface area contributed by atoms with Crippen LogP contribution in [0.1, 0.15) is 39.8 Å². The number of nitrogens with two attached hydrogens (primary N) is 1. The average molecular weight is 434 g/mol. The van der Waals surface area contributed by atoms with E-state index in [0.29, 0.717) is 47.8 Å². The van der Waals surface area contributed by atoms with Gasteiger partial charge < -0.3 is 10.5 Å². The van der Waals surface area contributed by atoms with E-state index in [1.165, 1.54) is 0 Å². The van der Waals surface area contributed by atoms with Crippen LogP contribution in [-0.4, -0.2) is 22.7 Å². The Bertz CT molecular complexity index is 1230. The van der Waals surface area contributed by atoms with Crippen LogP contribution in [0.5, 0.6) is 5.75 Å². The molecular weight excluding hydrogens is 410 g/mol. The smallest absolute Gasteiger partial charge is 0.252 e. The number of halogens is 1. The van der Waals surface area contributed by atoms with Crippen LogP contribution in [0, 0.1) is 0 Å². The highest BCUT2D eigenvalue weighted by atomic mass is 35.5. The maximum Gasteiger partial charge on any atom is 0.252 e. The third-order valence-electron chi connectivity index (χ3n) is 5.34. The van der Waals surface area contributed by atoms with Crippen molar-refractivity contribution in [3.05, 3.63) is 93.8 Å². The minimum Gasteiger partial charge on any atom is -0.494 e. The highest BCUT2D eigenvalue weighted by molar-refractivity contribution is 6.30. The van der Waals surface area contributed by atoms with Crippen LogP contribution in [0.15, 0.2) is 60.7 Å². The fraction of sp³-hybridized carbons (Fsp3) is 0.200. The number of hydrogen-bond donors (Lipinski definition) is 2. The lowest BCUT2D eigenvalue weighted by Gasteiger charge is -2.13. The van der Waals surface area contributed by atoms with E-state index in [9.17, 15) is 4.79 Å². The lowest BCUT2D eigenvalue weighted by molar-refractivity contribution is 0.0998. The standard InChI is InChI=1S/C25H24ClN3O2/c1-2-31-23-13-10-17-7-3-4-9-19(17)20(23)11-12-21-24(25(27)30)22(29-28-21)15-16-6-5-8-18(26)14-16/h3-10,13-14H,2,11-12,15H2,1H3,(H2,27,30)(H,28,29). The fourth-order valence-corrected chi connectivity index (χ4v) is 4.19. The molecule has 0 aliphatic rings. The largest absolute Gasteiger partial charge is 0.494 e. The molecule has 0 unspecified atom stereocenters. The first-order chi connectivity index (χ1) is 15.1. The second-order valence-electron chi connectivity index (χ2n) is 7.39. The fourth-order valence-electron chi connectivity index (χ4n) is 3.98. The first-order valence-electron chi connectivity index (χ1n) is 10.3. The van der Waals surface area contributed by atoms with Crippen LogP contribution in [0.4, 0.5) is 0 Å². The van der Waals surface area contributed by atoms with Crippen LogP contribution in [0.3, 0.4) is 0 Å². The zero-order chi connectivity index (χ0) is 21.8. The molecule has 4 rings (SSSR count). The number of aryl methyl sites for hydroxylation is 2. The lowest BCUT2D eigenvalue weighted by Crippen LogP contribution is -2.15. The molecule has 0 saturated heterocycles. The van der Waals surface area contributed by atoms with Gasteiger partial charge in [0.15, 0.2) is 0 Å². The molecular formula is C25H24ClN3O2. The van der Waals surface area contributed by atoms with Gasteiger partial charge in [-0.25, -0.2) is 0 Å². The first-order valence-corrected chi connectivity index (χ1v) is 10.7. The number of primary amides is 1. The lowest BCUT2D eigenvalue weighted by atomic mass is 9.97. The number of nitrogens with one attached hydrogen (secondary N) is 1. The van der Waals surface area contributed by atoms with Crippen LogP contribution in [0.2, 0.25) is 5.02 Å². The van der Waals surface area contributed by atoms with Crippen LogP contribution < -0.4 is 10.5 Å². The number of carbonyl (C=O) groups is 1. The van der Waals surface area contributed by atoms with E-state index in [1.54, 1.807) is 0 Å². The van der Waals surface area contributed by atoms with E-state index in [4.69, 9.17) is 22.1 Å². The molecule has 3 aromatic carbocycles. The van der Waals surface area contributed by atoms with E-state index in [1.807, 2.05) is 49.4 Å². The van der Waals surface area contributed by atoms with Gasteiger partial charge in [0.25, 0.3) is 5.91 Å². The van der Waals surface area contributed by atoms with Crippen LogP contribution in [0.25, 0.3) is 10.8 Å². The van der Waals surface area contributed by atoms with Crippen molar-refractivity contribution in [2.75, 3.05) is 6.61 Å². The van der Waals surface area contributed by atoms with Crippen molar-refractivity contribution in [2.45, 2.75) is 26.2 Å². The molecule has 0 spiro atoms.